The Bertz CT molecular complexity index is 420. The SMILES string of the molecule is CCN(CC(N)=NO)C(=O)c1cc(C)c(C)s1. The maximum atomic E-state index is 12.1. The van der Waals surface area contributed by atoms with Crippen LogP contribution in [0.25, 0.3) is 0 Å². The van der Waals surface area contributed by atoms with Gasteiger partial charge < -0.3 is 15.8 Å². The molecule has 1 aromatic rings. The molecule has 0 bridgehead atoms. The number of rotatable bonds is 4. The molecule has 0 aliphatic heterocycles. The third kappa shape index (κ3) is 3.20. The molecule has 5 nitrogen and oxygen atoms in total. The lowest BCUT2D eigenvalue weighted by Gasteiger charge is -2.18. The molecule has 0 spiro atoms. The van der Waals surface area contributed by atoms with E-state index in [4.69, 9.17) is 10.9 Å². The molecule has 0 radical (unpaired) electrons. The lowest BCUT2D eigenvalue weighted by atomic mass is 10.2. The minimum atomic E-state index is -0.0831. The molecule has 17 heavy (non-hydrogen) atoms. The highest BCUT2D eigenvalue weighted by molar-refractivity contribution is 7.14. The van der Waals surface area contributed by atoms with Gasteiger partial charge >= 0.3 is 0 Å². The number of aryl methyl sites for hydroxylation is 2. The summed E-state index contributed by atoms with van der Waals surface area (Å²) < 4.78 is 0. The summed E-state index contributed by atoms with van der Waals surface area (Å²) in [6.45, 7) is 6.47. The van der Waals surface area contributed by atoms with E-state index in [1.54, 1.807) is 4.90 Å². The Morgan fingerprint density at radius 2 is 2.24 bits per heavy atom. The van der Waals surface area contributed by atoms with Crippen LogP contribution in [0.5, 0.6) is 0 Å². The second kappa shape index (κ2) is 5.67. The zero-order chi connectivity index (χ0) is 13.0. The molecule has 0 aliphatic rings. The zero-order valence-electron chi connectivity index (χ0n) is 10.2. The van der Waals surface area contributed by atoms with E-state index in [1.807, 2.05) is 26.8 Å². The van der Waals surface area contributed by atoms with Crippen LogP contribution in [0.3, 0.4) is 0 Å². The molecule has 0 atom stereocenters. The van der Waals surface area contributed by atoms with Gasteiger partial charge in [-0.2, -0.15) is 0 Å². The molecule has 1 rings (SSSR count). The third-order valence-corrected chi connectivity index (χ3v) is 3.67. The number of oxime groups is 1. The van der Waals surface area contributed by atoms with E-state index in [2.05, 4.69) is 5.16 Å². The Balaban J connectivity index is 2.86. The van der Waals surface area contributed by atoms with Crippen LogP contribution in [-0.4, -0.2) is 34.9 Å². The summed E-state index contributed by atoms with van der Waals surface area (Å²) in [6, 6.07) is 1.87. The van der Waals surface area contributed by atoms with Gasteiger partial charge in [-0.3, -0.25) is 4.79 Å². The van der Waals surface area contributed by atoms with Crippen molar-refractivity contribution in [3.63, 3.8) is 0 Å². The quantitative estimate of drug-likeness (QED) is 0.371. The van der Waals surface area contributed by atoms with Crippen LogP contribution in [0.4, 0.5) is 0 Å². The number of carbonyl (C=O) groups excluding carboxylic acids is 1. The van der Waals surface area contributed by atoms with Crippen LogP contribution < -0.4 is 5.73 Å². The number of nitrogens with two attached hydrogens (primary N) is 1. The Hall–Kier alpha value is -1.56. The van der Waals surface area contributed by atoms with Crippen LogP contribution in [-0.2, 0) is 0 Å². The van der Waals surface area contributed by atoms with Crippen molar-refractivity contribution in [3.05, 3.63) is 21.4 Å². The molecule has 1 amide bonds. The average Bonchev–Trinajstić information content (AvgIpc) is 2.65. The van der Waals surface area contributed by atoms with Gasteiger partial charge in [0.05, 0.1) is 11.4 Å². The van der Waals surface area contributed by atoms with Gasteiger partial charge in [-0.1, -0.05) is 5.16 Å². The number of likely N-dealkylation sites (N-methyl/N-ethyl adjacent to an activating group) is 1. The average molecular weight is 255 g/mol. The first-order valence-electron chi connectivity index (χ1n) is 5.32. The van der Waals surface area contributed by atoms with Crippen molar-refractivity contribution in [1.82, 2.24) is 4.90 Å². The smallest absolute Gasteiger partial charge is 0.264 e. The summed E-state index contributed by atoms with van der Waals surface area (Å²) in [5.41, 5.74) is 6.52. The minimum absolute atomic E-state index is 0.0326. The first-order valence-corrected chi connectivity index (χ1v) is 6.14. The monoisotopic (exact) mass is 255 g/mol. The van der Waals surface area contributed by atoms with Gasteiger partial charge in [0.15, 0.2) is 5.84 Å². The minimum Gasteiger partial charge on any atom is -0.409 e. The van der Waals surface area contributed by atoms with Gasteiger partial charge in [-0.05, 0) is 32.4 Å². The van der Waals surface area contributed by atoms with E-state index in [0.717, 1.165) is 10.4 Å². The highest BCUT2D eigenvalue weighted by Gasteiger charge is 2.18. The molecule has 0 aromatic carbocycles. The lowest BCUT2D eigenvalue weighted by molar-refractivity contribution is 0.0791. The van der Waals surface area contributed by atoms with Crippen LogP contribution in [0.1, 0.15) is 27.0 Å². The molecule has 6 heteroatoms. The summed E-state index contributed by atoms with van der Waals surface area (Å²) in [5.74, 6) is -0.0505. The van der Waals surface area contributed by atoms with Crippen molar-refractivity contribution in [2.45, 2.75) is 20.8 Å². The zero-order valence-corrected chi connectivity index (χ0v) is 11.0. The third-order valence-electron chi connectivity index (χ3n) is 2.53. The number of hydrogen-bond donors (Lipinski definition) is 2. The number of nitrogens with zero attached hydrogens (tertiary/aromatic N) is 2. The normalized spacial score (nSPS) is 11.6. The summed E-state index contributed by atoms with van der Waals surface area (Å²) in [6.07, 6.45) is 0. The standard InChI is InChI=1S/C11H17N3O2S/c1-4-14(6-10(12)13-16)11(15)9-5-7(2)8(3)17-9/h5,16H,4,6H2,1-3H3,(H2,12,13). The van der Waals surface area contributed by atoms with Gasteiger partial charge in [0.1, 0.15) is 0 Å². The lowest BCUT2D eigenvalue weighted by Crippen LogP contribution is -2.38. The van der Waals surface area contributed by atoms with Crippen molar-refractivity contribution in [2.24, 2.45) is 10.9 Å². The fourth-order valence-corrected chi connectivity index (χ4v) is 2.39. The molecule has 0 fully saturated rings. The number of carbonyl (C=O) groups is 1. The fourth-order valence-electron chi connectivity index (χ4n) is 1.39. The Morgan fingerprint density at radius 1 is 1.59 bits per heavy atom. The van der Waals surface area contributed by atoms with E-state index in [9.17, 15) is 4.79 Å². The van der Waals surface area contributed by atoms with E-state index < -0.39 is 0 Å². The van der Waals surface area contributed by atoms with Gasteiger partial charge in [-0.25, -0.2) is 0 Å². The van der Waals surface area contributed by atoms with Gasteiger partial charge in [0, 0.05) is 11.4 Å². The molecular formula is C11H17N3O2S. The maximum Gasteiger partial charge on any atom is 0.264 e. The van der Waals surface area contributed by atoms with Crippen molar-refractivity contribution in [2.75, 3.05) is 13.1 Å². The van der Waals surface area contributed by atoms with Crippen LogP contribution in [0, 0.1) is 13.8 Å². The molecule has 0 unspecified atom stereocenters. The van der Waals surface area contributed by atoms with E-state index in [1.165, 1.54) is 11.3 Å². The number of amidine groups is 1. The van der Waals surface area contributed by atoms with Gasteiger partial charge in [-0.15, -0.1) is 11.3 Å². The molecule has 1 aromatic heterocycles. The molecule has 3 N–H and O–H groups in total. The highest BCUT2D eigenvalue weighted by Crippen LogP contribution is 2.21. The Kier molecular flexibility index (Phi) is 4.51. The predicted octanol–water partition coefficient (Wildman–Crippen LogP) is 1.57. The molecular weight excluding hydrogens is 238 g/mol. The van der Waals surface area contributed by atoms with Crippen molar-refractivity contribution < 1.29 is 10.0 Å². The number of thiophene rings is 1. The Morgan fingerprint density at radius 3 is 2.65 bits per heavy atom. The van der Waals surface area contributed by atoms with Crippen LogP contribution in [0.2, 0.25) is 0 Å². The first kappa shape index (κ1) is 13.5. The number of amides is 1. The van der Waals surface area contributed by atoms with Crippen molar-refractivity contribution in [1.29, 1.82) is 0 Å². The summed E-state index contributed by atoms with van der Waals surface area (Å²) in [5, 5.41) is 11.4. The first-order chi connectivity index (χ1) is 7.99. The summed E-state index contributed by atoms with van der Waals surface area (Å²) >= 11 is 1.47. The van der Waals surface area contributed by atoms with Crippen molar-refractivity contribution in [3.8, 4) is 0 Å². The van der Waals surface area contributed by atoms with Crippen LogP contribution in [0.15, 0.2) is 11.2 Å². The molecule has 0 aliphatic carbocycles. The predicted molar refractivity (Wildman–Crippen MR) is 68.8 cm³/mol. The topological polar surface area (TPSA) is 78.9 Å². The fraction of sp³-hybridized carbons (Fsp3) is 0.455. The van der Waals surface area contributed by atoms with E-state index in [0.29, 0.717) is 11.4 Å². The van der Waals surface area contributed by atoms with E-state index >= 15 is 0 Å². The van der Waals surface area contributed by atoms with Gasteiger partial charge in [0.2, 0.25) is 0 Å². The maximum absolute atomic E-state index is 12.1. The number of hydrogen-bond acceptors (Lipinski definition) is 4. The van der Waals surface area contributed by atoms with Crippen LogP contribution >= 0.6 is 11.3 Å². The summed E-state index contributed by atoms with van der Waals surface area (Å²) in [4.78, 5) is 15.5. The highest BCUT2D eigenvalue weighted by atomic mass is 32.1. The molecule has 1 heterocycles. The van der Waals surface area contributed by atoms with E-state index in [-0.39, 0.29) is 18.3 Å². The largest absolute Gasteiger partial charge is 0.409 e. The van der Waals surface area contributed by atoms with Gasteiger partial charge in [0.25, 0.3) is 5.91 Å². The molecule has 0 saturated carbocycles. The molecule has 0 saturated heterocycles. The second-order valence-electron chi connectivity index (χ2n) is 3.76. The molecule has 94 valence electrons. The second-order valence-corrected chi connectivity index (χ2v) is 5.02. The summed E-state index contributed by atoms with van der Waals surface area (Å²) in [7, 11) is 0. The Labute approximate surface area is 105 Å². The van der Waals surface area contributed by atoms with Crippen molar-refractivity contribution >= 4 is 23.1 Å².